The summed E-state index contributed by atoms with van der Waals surface area (Å²) in [6.45, 7) is 2.14. The Morgan fingerprint density at radius 1 is 1.10 bits per heavy atom. The highest BCUT2D eigenvalue weighted by molar-refractivity contribution is 7.93. The first kappa shape index (κ1) is 24.3. The van der Waals surface area contributed by atoms with Crippen LogP contribution in [0.2, 0.25) is 10.0 Å². The van der Waals surface area contributed by atoms with Gasteiger partial charge < -0.3 is 14.8 Å². The number of amides is 1. The molecule has 7 nitrogen and oxygen atoms in total. The number of carbonyl (C=O) groups excluding carboxylic acids is 1. The van der Waals surface area contributed by atoms with Gasteiger partial charge in [0, 0.05) is 30.3 Å². The van der Waals surface area contributed by atoms with Gasteiger partial charge in [-0.2, -0.15) is 0 Å². The number of rotatable bonds is 10. The quantitative estimate of drug-likeness (QED) is 0.531. The predicted molar refractivity (Wildman–Crippen MR) is 118 cm³/mol. The molecular formula is C20H24Cl2N2O5S. The lowest BCUT2D eigenvalue weighted by atomic mass is 10.2. The molecule has 0 fully saturated rings. The summed E-state index contributed by atoms with van der Waals surface area (Å²) in [5, 5.41) is 3.18. The van der Waals surface area contributed by atoms with Crippen LogP contribution in [-0.4, -0.2) is 48.2 Å². The number of halogens is 2. The highest BCUT2D eigenvalue weighted by Gasteiger charge is 2.30. The number of aryl methyl sites for hydroxylation is 1. The molecule has 0 spiro atoms. The van der Waals surface area contributed by atoms with Crippen LogP contribution in [0.4, 0.5) is 5.69 Å². The van der Waals surface area contributed by atoms with Crippen molar-refractivity contribution in [2.75, 3.05) is 38.2 Å². The minimum atomic E-state index is -4.18. The normalized spacial score (nSPS) is 11.2. The predicted octanol–water partition coefficient (Wildman–Crippen LogP) is 3.66. The van der Waals surface area contributed by atoms with Gasteiger partial charge in [-0.25, -0.2) is 8.42 Å². The van der Waals surface area contributed by atoms with Gasteiger partial charge in [-0.15, -0.1) is 0 Å². The van der Waals surface area contributed by atoms with Gasteiger partial charge in [-0.05, 0) is 49.2 Å². The number of nitrogens with zero attached hydrogens (tertiary/aromatic N) is 1. The van der Waals surface area contributed by atoms with E-state index in [0.29, 0.717) is 19.6 Å². The molecule has 2 aromatic rings. The third kappa shape index (κ3) is 6.25. The highest BCUT2D eigenvalue weighted by Crippen LogP contribution is 2.33. The van der Waals surface area contributed by atoms with Gasteiger partial charge in [0.15, 0.2) is 0 Å². The van der Waals surface area contributed by atoms with Crippen LogP contribution < -0.4 is 14.4 Å². The van der Waals surface area contributed by atoms with Crippen LogP contribution >= 0.6 is 23.2 Å². The molecule has 0 aliphatic heterocycles. The molecule has 0 aliphatic carbocycles. The van der Waals surface area contributed by atoms with Crippen LogP contribution in [0.1, 0.15) is 12.0 Å². The van der Waals surface area contributed by atoms with Gasteiger partial charge in [0.2, 0.25) is 5.91 Å². The SMILES string of the molecule is COCCCNC(=O)CN(c1cc(Cl)cc(Cl)c1)S(=O)(=O)c1cc(C)ccc1OC. The van der Waals surface area contributed by atoms with Gasteiger partial charge in [0.1, 0.15) is 17.2 Å². The first-order valence-corrected chi connectivity index (χ1v) is 11.3. The van der Waals surface area contributed by atoms with E-state index in [1.807, 2.05) is 0 Å². The van der Waals surface area contributed by atoms with E-state index in [2.05, 4.69) is 5.32 Å². The number of ether oxygens (including phenoxy) is 2. The maximum absolute atomic E-state index is 13.6. The lowest BCUT2D eigenvalue weighted by Gasteiger charge is -2.25. The number of anilines is 1. The van der Waals surface area contributed by atoms with E-state index in [1.165, 1.54) is 31.4 Å². The maximum Gasteiger partial charge on any atom is 0.268 e. The number of nitrogens with one attached hydrogen (secondary N) is 1. The van der Waals surface area contributed by atoms with Crippen molar-refractivity contribution in [3.63, 3.8) is 0 Å². The number of hydrogen-bond acceptors (Lipinski definition) is 5. The third-order valence-electron chi connectivity index (χ3n) is 4.16. The highest BCUT2D eigenvalue weighted by atomic mass is 35.5. The Bertz CT molecular complexity index is 978. The largest absolute Gasteiger partial charge is 0.495 e. The smallest absolute Gasteiger partial charge is 0.268 e. The van der Waals surface area contributed by atoms with Gasteiger partial charge in [-0.1, -0.05) is 29.3 Å². The topological polar surface area (TPSA) is 84.9 Å². The molecule has 2 aromatic carbocycles. The van der Waals surface area contributed by atoms with Gasteiger partial charge in [-0.3, -0.25) is 9.10 Å². The fourth-order valence-corrected chi connectivity index (χ4v) is 4.90. The van der Waals surface area contributed by atoms with Crippen molar-refractivity contribution in [1.29, 1.82) is 0 Å². The lowest BCUT2D eigenvalue weighted by Crippen LogP contribution is -2.41. The first-order chi connectivity index (χ1) is 14.2. The van der Waals surface area contributed by atoms with E-state index in [0.717, 1.165) is 9.87 Å². The lowest BCUT2D eigenvalue weighted by molar-refractivity contribution is -0.119. The van der Waals surface area contributed by atoms with E-state index in [1.54, 1.807) is 26.2 Å². The van der Waals surface area contributed by atoms with Crippen LogP contribution in [-0.2, 0) is 19.6 Å². The van der Waals surface area contributed by atoms with Crippen LogP contribution in [0.5, 0.6) is 5.75 Å². The van der Waals surface area contributed by atoms with E-state index < -0.39 is 22.5 Å². The van der Waals surface area contributed by atoms with Crippen molar-refractivity contribution < 1.29 is 22.7 Å². The average molecular weight is 475 g/mol. The number of methoxy groups -OCH3 is 2. The zero-order valence-corrected chi connectivity index (χ0v) is 19.3. The maximum atomic E-state index is 13.6. The van der Waals surface area contributed by atoms with Crippen molar-refractivity contribution in [3.05, 3.63) is 52.0 Å². The Morgan fingerprint density at radius 2 is 1.77 bits per heavy atom. The van der Waals surface area contributed by atoms with Crippen LogP contribution in [0.3, 0.4) is 0 Å². The second kappa shape index (κ2) is 10.9. The van der Waals surface area contributed by atoms with E-state index in [-0.39, 0.29) is 26.4 Å². The summed E-state index contributed by atoms with van der Waals surface area (Å²) in [5.41, 5.74) is 0.894. The second-order valence-electron chi connectivity index (χ2n) is 6.49. The molecule has 0 bridgehead atoms. The van der Waals surface area contributed by atoms with Crippen LogP contribution in [0, 0.1) is 6.92 Å². The Labute approximate surface area is 186 Å². The van der Waals surface area contributed by atoms with Crippen molar-refractivity contribution in [2.24, 2.45) is 0 Å². The molecule has 10 heteroatoms. The number of benzene rings is 2. The molecule has 0 saturated carbocycles. The molecule has 0 unspecified atom stereocenters. The summed E-state index contributed by atoms with van der Waals surface area (Å²) in [7, 11) is -1.23. The molecule has 0 aliphatic rings. The molecule has 0 heterocycles. The summed E-state index contributed by atoms with van der Waals surface area (Å²) in [4.78, 5) is 12.4. The van der Waals surface area contributed by atoms with Gasteiger partial charge in [0.05, 0.1) is 12.8 Å². The molecule has 0 radical (unpaired) electrons. The molecule has 30 heavy (non-hydrogen) atoms. The summed E-state index contributed by atoms with van der Waals surface area (Å²) in [5.74, 6) is -0.309. The molecule has 164 valence electrons. The van der Waals surface area contributed by atoms with Gasteiger partial charge >= 0.3 is 0 Å². The van der Waals surface area contributed by atoms with Crippen molar-refractivity contribution in [3.8, 4) is 5.75 Å². The van der Waals surface area contributed by atoms with Crippen LogP contribution in [0.25, 0.3) is 0 Å². The summed E-state index contributed by atoms with van der Waals surface area (Å²) in [6.07, 6.45) is 0.601. The monoisotopic (exact) mass is 474 g/mol. The zero-order valence-electron chi connectivity index (χ0n) is 16.9. The Balaban J connectivity index is 2.47. The Hall–Kier alpha value is -2.00. The Kier molecular flexibility index (Phi) is 8.78. The van der Waals surface area contributed by atoms with E-state index in [4.69, 9.17) is 32.7 Å². The minimum Gasteiger partial charge on any atom is -0.495 e. The van der Waals surface area contributed by atoms with Crippen LogP contribution in [0.15, 0.2) is 41.3 Å². The molecule has 2 rings (SSSR count). The summed E-state index contributed by atoms with van der Waals surface area (Å²) >= 11 is 12.2. The van der Waals surface area contributed by atoms with Gasteiger partial charge in [0.25, 0.3) is 10.0 Å². The third-order valence-corrected chi connectivity index (χ3v) is 6.39. The minimum absolute atomic E-state index is 0.0618. The molecule has 0 aromatic heterocycles. The fraction of sp³-hybridized carbons (Fsp3) is 0.350. The van der Waals surface area contributed by atoms with Crippen molar-refractivity contribution in [1.82, 2.24) is 5.32 Å². The Morgan fingerprint density at radius 3 is 2.37 bits per heavy atom. The number of sulfonamides is 1. The molecule has 1 N–H and O–H groups in total. The standard InChI is InChI=1S/C20H24Cl2N2O5S/c1-14-5-6-18(29-3)19(9-14)30(26,27)24(13-20(25)23-7-4-8-28-2)17-11-15(21)10-16(22)12-17/h5-6,9-12H,4,7-8,13H2,1-3H3,(H,23,25). The summed E-state index contributed by atoms with van der Waals surface area (Å²) < 4.78 is 38.3. The van der Waals surface area contributed by atoms with Crippen molar-refractivity contribution >= 4 is 44.8 Å². The second-order valence-corrected chi connectivity index (χ2v) is 9.19. The van der Waals surface area contributed by atoms with Crippen molar-refractivity contribution in [2.45, 2.75) is 18.2 Å². The average Bonchev–Trinajstić information content (AvgIpc) is 2.68. The number of hydrogen-bond donors (Lipinski definition) is 1. The van der Waals surface area contributed by atoms with E-state index in [9.17, 15) is 13.2 Å². The molecule has 0 atom stereocenters. The zero-order chi connectivity index (χ0) is 22.3. The fourth-order valence-electron chi connectivity index (χ4n) is 2.73. The molecule has 1 amide bonds. The molecule has 0 saturated heterocycles. The summed E-state index contributed by atoms with van der Waals surface area (Å²) in [6, 6.07) is 9.15. The number of carbonyl (C=O) groups is 1. The molecular weight excluding hydrogens is 451 g/mol. The first-order valence-electron chi connectivity index (χ1n) is 9.08. The van der Waals surface area contributed by atoms with E-state index >= 15 is 0 Å².